The zero-order valence-corrected chi connectivity index (χ0v) is 7.38. The summed E-state index contributed by atoms with van der Waals surface area (Å²) in [5.41, 5.74) is 0. The van der Waals surface area contributed by atoms with Crippen LogP contribution < -0.4 is 5.32 Å². The van der Waals surface area contributed by atoms with Crippen LogP contribution >= 0.6 is 0 Å². The van der Waals surface area contributed by atoms with Crippen LogP contribution in [0.25, 0.3) is 0 Å². The van der Waals surface area contributed by atoms with Crippen molar-refractivity contribution in [3.05, 3.63) is 12.7 Å². The predicted molar refractivity (Wildman–Crippen MR) is 49.0 cm³/mol. The first-order valence-electron chi connectivity index (χ1n) is 4.48. The fourth-order valence-electron chi connectivity index (χ4n) is 1.31. The summed E-state index contributed by atoms with van der Waals surface area (Å²) in [7, 11) is 0. The highest BCUT2D eigenvalue weighted by molar-refractivity contribution is 5.74. The number of amides is 2. The average molecular weight is 168 g/mol. The smallest absolute Gasteiger partial charge is 0.317 e. The van der Waals surface area contributed by atoms with Gasteiger partial charge in [-0.25, -0.2) is 4.79 Å². The highest BCUT2D eigenvalue weighted by atomic mass is 16.2. The van der Waals surface area contributed by atoms with Crippen molar-refractivity contribution >= 4 is 6.03 Å². The Morgan fingerprint density at radius 2 is 2.17 bits per heavy atom. The predicted octanol–water partition coefficient (Wildman–Crippen LogP) is 1.37. The Morgan fingerprint density at radius 1 is 1.50 bits per heavy atom. The molecule has 1 aliphatic rings. The van der Waals surface area contributed by atoms with E-state index in [0.717, 1.165) is 32.4 Å². The normalized spacial score (nSPS) is 16.2. The molecular formula is C9H16N2O. The van der Waals surface area contributed by atoms with Crippen LogP contribution in [0.4, 0.5) is 4.79 Å². The minimum absolute atomic E-state index is 0.0781. The number of carbonyl (C=O) groups excluding carboxylic acids is 1. The molecule has 3 nitrogen and oxygen atoms in total. The molecule has 0 saturated carbocycles. The number of likely N-dealkylation sites (tertiary alicyclic amines) is 1. The summed E-state index contributed by atoms with van der Waals surface area (Å²) in [5, 5.41) is 2.84. The quantitative estimate of drug-likeness (QED) is 0.501. The summed E-state index contributed by atoms with van der Waals surface area (Å²) in [5.74, 6) is 0. The molecule has 1 N–H and O–H groups in total. The molecule has 0 aromatic rings. The first-order chi connectivity index (χ1) is 5.84. The maximum atomic E-state index is 11.3. The molecule has 0 aromatic carbocycles. The van der Waals surface area contributed by atoms with Crippen LogP contribution in [0, 0.1) is 0 Å². The van der Waals surface area contributed by atoms with Gasteiger partial charge in [0.25, 0.3) is 0 Å². The van der Waals surface area contributed by atoms with E-state index in [4.69, 9.17) is 0 Å². The maximum absolute atomic E-state index is 11.3. The van der Waals surface area contributed by atoms with Crippen LogP contribution in [0.3, 0.4) is 0 Å². The molecule has 1 aliphatic heterocycles. The summed E-state index contributed by atoms with van der Waals surface area (Å²) in [6.07, 6.45) is 4.95. The fourth-order valence-corrected chi connectivity index (χ4v) is 1.31. The van der Waals surface area contributed by atoms with E-state index in [1.807, 2.05) is 11.0 Å². The van der Waals surface area contributed by atoms with Gasteiger partial charge in [0.05, 0.1) is 0 Å². The van der Waals surface area contributed by atoms with Gasteiger partial charge in [0.2, 0.25) is 0 Å². The van der Waals surface area contributed by atoms with Crippen LogP contribution in [0.1, 0.15) is 19.3 Å². The molecule has 12 heavy (non-hydrogen) atoms. The van der Waals surface area contributed by atoms with E-state index in [-0.39, 0.29) is 6.03 Å². The minimum atomic E-state index is 0.0781. The van der Waals surface area contributed by atoms with Gasteiger partial charge in [-0.1, -0.05) is 6.08 Å². The molecule has 0 unspecified atom stereocenters. The highest BCUT2D eigenvalue weighted by Gasteiger charge is 2.16. The number of hydrogen-bond donors (Lipinski definition) is 1. The summed E-state index contributed by atoms with van der Waals surface area (Å²) in [6.45, 7) is 6.13. The lowest BCUT2D eigenvalue weighted by molar-refractivity contribution is 0.209. The van der Waals surface area contributed by atoms with Gasteiger partial charge in [-0.3, -0.25) is 0 Å². The molecule has 0 spiro atoms. The second-order valence-electron chi connectivity index (χ2n) is 3.00. The summed E-state index contributed by atoms with van der Waals surface area (Å²) >= 11 is 0. The number of nitrogens with zero attached hydrogens (tertiary/aromatic N) is 1. The average Bonchev–Trinajstić information content (AvgIpc) is 2.56. The van der Waals surface area contributed by atoms with Crippen LogP contribution in [0.5, 0.6) is 0 Å². The van der Waals surface area contributed by atoms with Crippen molar-refractivity contribution in [3.63, 3.8) is 0 Å². The third-order valence-corrected chi connectivity index (χ3v) is 2.02. The summed E-state index contributed by atoms with van der Waals surface area (Å²) in [6, 6.07) is 0.0781. The molecule has 1 heterocycles. The van der Waals surface area contributed by atoms with Crippen molar-refractivity contribution in [3.8, 4) is 0 Å². The highest BCUT2D eigenvalue weighted by Crippen LogP contribution is 2.06. The van der Waals surface area contributed by atoms with Gasteiger partial charge >= 0.3 is 6.03 Å². The van der Waals surface area contributed by atoms with E-state index < -0.39 is 0 Å². The molecule has 3 heteroatoms. The lowest BCUT2D eigenvalue weighted by Gasteiger charge is -2.15. The third-order valence-electron chi connectivity index (χ3n) is 2.02. The van der Waals surface area contributed by atoms with E-state index in [2.05, 4.69) is 11.9 Å². The Bertz CT molecular complexity index is 162. The molecule has 1 saturated heterocycles. The standard InChI is InChI=1S/C9H16N2O/c1-2-3-6-10-9(12)11-7-4-5-8-11/h2H,1,3-8H2,(H,10,12). The SMILES string of the molecule is C=CCCNC(=O)N1CCCC1. The molecule has 0 radical (unpaired) electrons. The zero-order valence-electron chi connectivity index (χ0n) is 7.38. The molecule has 0 atom stereocenters. The van der Waals surface area contributed by atoms with Gasteiger partial charge in [-0.05, 0) is 19.3 Å². The van der Waals surface area contributed by atoms with E-state index in [1.54, 1.807) is 0 Å². The maximum Gasteiger partial charge on any atom is 0.317 e. The lowest BCUT2D eigenvalue weighted by Crippen LogP contribution is -2.38. The van der Waals surface area contributed by atoms with E-state index >= 15 is 0 Å². The first kappa shape index (κ1) is 9.10. The van der Waals surface area contributed by atoms with Gasteiger partial charge < -0.3 is 10.2 Å². The molecule has 1 fully saturated rings. The second-order valence-corrected chi connectivity index (χ2v) is 3.00. The van der Waals surface area contributed by atoms with Crippen molar-refractivity contribution < 1.29 is 4.79 Å². The fraction of sp³-hybridized carbons (Fsp3) is 0.667. The lowest BCUT2D eigenvalue weighted by atomic mass is 10.4. The Hall–Kier alpha value is -0.990. The van der Waals surface area contributed by atoms with E-state index in [0.29, 0.717) is 6.54 Å². The molecule has 2 amide bonds. The van der Waals surface area contributed by atoms with Gasteiger partial charge in [-0.15, -0.1) is 6.58 Å². The zero-order chi connectivity index (χ0) is 8.81. The van der Waals surface area contributed by atoms with Gasteiger partial charge in [0, 0.05) is 19.6 Å². The molecule has 0 bridgehead atoms. The van der Waals surface area contributed by atoms with Crippen LogP contribution in [0.2, 0.25) is 0 Å². The van der Waals surface area contributed by atoms with Crippen LogP contribution in [-0.2, 0) is 0 Å². The largest absolute Gasteiger partial charge is 0.338 e. The third kappa shape index (κ3) is 2.57. The van der Waals surface area contributed by atoms with Gasteiger partial charge in [0.15, 0.2) is 0 Å². The number of urea groups is 1. The van der Waals surface area contributed by atoms with Gasteiger partial charge in [0.1, 0.15) is 0 Å². The van der Waals surface area contributed by atoms with Crippen LogP contribution in [-0.4, -0.2) is 30.6 Å². The van der Waals surface area contributed by atoms with E-state index in [9.17, 15) is 4.79 Å². The Balaban J connectivity index is 2.14. The topological polar surface area (TPSA) is 32.3 Å². The van der Waals surface area contributed by atoms with Gasteiger partial charge in [-0.2, -0.15) is 0 Å². The Labute approximate surface area is 73.4 Å². The summed E-state index contributed by atoms with van der Waals surface area (Å²) in [4.78, 5) is 13.2. The van der Waals surface area contributed by atoms with Crippen molar-refractivity contribution in [1.29, 1.82) is 0 Å². The van der Waals surface area contributed by atoms with Crippen molar-refractivity contribution in [2.45, 2.75) is 19.3 Å². The number of hydrogen-bond acceptors (Lipinski definition) is 1. The number of rotatable bonds is 3. The monoisotopic (exact) mass is 168 g/mol. The van der Waals surface area contributed by atoms with Crippen molar-refractivity contribution in [1.82, 2.24) is 10.2 Å². The molecule has 68 valence electrons. The molecule has 1 rings (SSSR count). The first-order valence-corrected chi connectivity index (χ1v) is 4.48. The van der Waals surface area contributed by atoms with Crippen molar-refractivity contribution in [2.24, 2.45) is 0 Å². The van der Waals surface area contributed by atoms with Crippen molar-refractivity contribution in [2.75, 3.05) is 19.6 Å². The van der Waals surface area contributed by atoms with E-state index in [1.165, 1.54) is 0 Å². The number of carbonyl (C=O) groups is 1. The Morgan fingerprint density at radius 3 is 2.75 bits per heavy atom. The molecular weight excluding hydrogens is 152 g/mol. The minimum Gasteiger partial charge on any atom is -0.338 e. The number of nitrogens with one attached hydrogen (secondary N) is 1. The molecule has 0 aliphatic carbocycles. The summed E-state index contributed by atoms with van der Waals surface area (Å²) < 4.78 is 0. The Kier molecular flexibility index (Phi) is 3.64. The van der Waals surface area contributed by atoms with Crippen LogP contribution in [0.15, 0.2) is 12.7 Å². The second kappa shape index (κ2) is 4.80. The molecule has 0 aromatic heterocycles.